The van der Waals surface area contributed by atoms with Crippen molar-refractivity contribution in [3.05, 3.63) is 53.6 Å². The third-order valence-corrected chi connectivity index (χ3v) is 5.36. The molecule has 0 saturated heterocycles. The number of benzene rings is 3. The first-order valence-corrected chi connectivity index (χ1v) is 9.95. The van der Waals surface area contributed by atoms with Gasteiger partial charge in [0.25, 0.3) is 0 Å². The molecular weight excluding hydrogens is 388 g/mol. The van der Waals surface area contributed by atoms with Crippen LogP contribution in [0.15, 0.2) is 48.5 Å². The maximum Gasteiger partial charge on any atom is 0.341 e. The molecule has 0 aliphatic carbocycles. The lowest BCUT2D eigenvalue weighted by molar-refractivity contribution is -0.139. The standard InChI is InChI=1S/C23H23ClN2O3/c1-25(2)10-3-11-26-21-9-5-16(24)13-20(21)19-7-4-15-12-17(29-14-22(27)28)6-8-18(15)23(19)26/h4-9,12-13H,3,10-11,14H2,1-2H3,(H,27,28). The number of nitrogens with zero attached hydrogens (tertiary/aromatic N) is 2. The van der Waals surface area contributed by atoms with Crippen LogP contribution in [-0.4, -0.2) is 47.8 Å². The summed E-state index contributed by atoms with van der Waals surface area (Å²) in [6.07, 6.45) is 1.03. The predicted octanol–water partition coefficient (Wildman–Crippen LogP) is 5.02. The highest BCUT2D eigenvalue weighted by atomic mass is 35.5. The highest BCUT2D eigenvalue weighted by Crippen LogP contribution is 2.36. The minimum absolute atomic E-state index is 0.350. The molecule has 29 heavy (non-hydrogen) atoms. The summed E-state index contributed by atoms with van der Waals surface area (Å²) < 4.78 is 7.72. The van der Waals surface area contributed by atoms with E-state index >= 15 is 0 Å². The van der Waals surface area contributed by atoms with E-state index in [9.17, 15) is 4.79 Å². The molecule has 3 aromatic carbocycles. The number of aliphatic carboxylic acids is 1. The fraction of sp³-hybridized carbons (Fsp3) is 0.261. The topological polar surface area (TPSA) is 54.7 Å². The molecule has 4 aromatic rings. The van der Waals surface area contributed by atoms with E-state index in [0.717, 1.165) is 40.7 Å². The number of rotatable bonds is 7. The van der Waals surface area contributed by atoms with Crippen molar-refractivity contribution < 1.29 is 14.6 Å². The first-order valence-electron chi connectivity index (χ1n) is 9.57. The number of halogens is 1. The number of ether oxygens (including phenoxy) is 1. The summed E-state index contributed by atoms with van der Waals surface area (Å²) in [4.78, 5) is 13.0. The van der Waals surface area contributed by atoms with Crippen LogP contribution in [0.5, 0.6) is 5.75 Å². The Morgan fingerprint density at radius 2 is 1.86 bits per heavy atom. The van der Waals surface area contributed by atoms with Crippen molar-refractivity contribution in [2.45, 2.75) is 13.0 Å². The van der Waals surface area contributed by atoms with Crippen molar-refractivity contribution in [3.8, 4) is 5.75 Å². The smallest absolute Gasteiger partial charge is 0.341 e. The lowest BCUT2D eigenvalue weighted by Crippen LogP contribution is -2.15. The van der Waals surface area contributed by atoms with Crippen molar-refractivity contribution >= 4 is 50.1 Å². The second kappa shape index (κ2) is 7.93. The Balaban J connectivity index is 1.89. The number of carbonyl (C=O) groups is 1. The van der Waals surface area contributed by atoms with Crippen molar-refractivity contribution in [2.24, 2.45) is 0 Å². The van der Waals surface area contributed by atoms with Crippen molar-refractivity contribution in [1.82, 2.24) is 9.47 Å². The van der Waals surface area contributed by atoms with Crippen molar-refractivity contribution in [1.29, 1.82) is 0 Å². The number of hydrogen-bond acceptors (Lipinski definition) is 3. The molecule has 4 rings (SSSR count). The van der Waals surface area contributed by atoms with Crippen molar-refractivity contribution in [3.63, 3.8) is 0 Å². The van der Waals surface area contributed by atoms with E-state index < -0.39 is 5.97 Å². The van der Waals surface area contributed by atoms with Gasteiger partial charge in [-0.05, 0) is 68.8 Å². The fourth-order valence-electron chi connectivity index (χ4n) is 3.89. The molecule has 150 valence electrons. The number of fused-ring (bicyclic) bond motifs is 5. The average molecular weight is 411 g/mol. The van der Waals surface area contributed by atoms with Gasteiger partial charge in [-0.3, -0.25) is 0 Å². The largest absolute Gasteiger partial charge is 0.482 e. The van der Waals surface area contributed by atoms with Gasteiger partial charge in [-0.15, -0.1) is 0 Å². The van der Waals surface area contributed by atoms with E-state index in [4.69, 9.17) is 21.4 Å². The van der Waals surface area contributed by atoms with Gasteiger partial charge in [0.05, 0.1) is 5.52 Å². The second-order valence-corrected chi connectivity index (χ2v) is 7.93. The van der Waals surface area contributed by atoms with E-state index in [0.29, 0.717) is 5.75 Å². The average Bonchev–Trinajstić information content (AvgIpc) is 2.99. The Bertz CT molecular complexity index is 1210. The Labute approximate surface area is 174 Å². The normalized spacial score (nSPS) is 11.7. The third-order valence-electron chi connectivity index (χ3n) is 5.12. The van der Waals surface area contributed by atoms with E-state index in [1.807, 2.05) is 30.3 Å². The zero-order valence-electron chi connectivity index (χ0n) is 16.5. The predicted molar refractivity (Wildman–Crippen MR) is 118 cm³/mol. The number of hydrogen-bond donors (Lipinski definition) is 1. The highest BCUT2D eigenvalue weighted by molar-refractivity contribution is 6.32. The Morgan fingerprint density at radius 3 is 2.62 bits per heavy atom. The van der Waals surface area contributed by atoms with Crippen LogP contribution in [0.1, 0.15) is 6.42 Å². The second-order valence-electron chi connectivity index (χ2n) is 7.50. The fourth-order valence-corrected chi connectivity index (χ4v) is 4.06. The SMILES string of the molecule is CN(C)CCCn1c2ccc(Cl)cc2c2ccc3cc(OCC(=O)O)ccc3c21. The summed E-state index contributed by atoms with van der Waals surface area (Å²) in [6, 6.07) is 16.0. The number of aryl methyl sites for hydroxylation is 1. The molecule has 0 saturated carbocycles. The lowest BCUT2D eigenvalue weighted by atomic mass is 10.1. The summed E-state index contributed by atoms with van der Waals surface area (Å²) in [5.41, 5.74) is 2.34. The summed E-state index contributed by atoms with van der Waals surface area (Å²) in [6.45, 7) is 1.56. The van der Waals surface area contributed by atoms with Crippen LogP contribution >= 0.6 is 11.6 Å². The molecule has 0 amide bonds. The molecule has 0 radical (unpaired) electrons. The van der Waals surface area contributed by atoms with E-state index in [2.05, 4.69) is 41.8 Å². The first kappa shape index (κ1) is 19.6. The van der Waals surface area contributed by atoms with Crippen LogP contribution < -0.4 is 4.74 Å². The molecule has 1 N–H and O–H groups in total. The van der Waals surface area contributed by atoms with Crippen LogP contribution in [0, 0.1) is 0 Å². The highest BCUT2D eigenvalue weighted by Gasteiger charge is 2.14. The Kier molecular flexibility index (Phi) is 5.35. The number of carboxylic acid groups (broad SMARTS) is 1. The maximum atomic E-state index is 10.8. The van der Waals surface area contributed by atoms with Crippen LogP contribution in [0.2, 0.25) is 5.02 Å². The first-order chi connectivity index (χ1) is 13.9. The monoisotopic (exact) mass is 410 g/mol. The quantitative estimate of drug-likeness (QED) is 0.465. The zero-order valence-corrected chi connectivity index (χ0v) is 17.2. The van der Waals surface area contributed by atoms with Gasteiger partial charge in [-0.2, -0.15) is 0 Å². The summed E-state index contributed by atoms with van der Waals surface area (Å²) in [5, 5.41) is 14.0. The van der Waals surface area contributed by atoms with E-state index in [1.54, 1.807) is 0 Å². The molecule has 0 fully saturated rings. The summed E-state index contributed by atoms with van der Waals surface area (Å²) >= 11 is 6.29. The molecule has 0 aliphatic heterocycles. The molecule has 1 heterocycles. The van der Waals surface area contributed by atoms with Gasteiger partial charge in [0.2, 0.25) is 0 Å². The summed E-state index contributed by atoms with van der Waals surface area (Å²) in [7, 11) is 4.17. The molecule has 0 bridgehead atoms. The van der Waals surface area contributed by atoms with Crippen LogP contribution in [0.3, 0.4) is 0 Å². The Hall–Kier alpha value is -2.76. The molecular formula is C23H23ClN2O3. The van der Waals surface area contributed by atoms with Crippen LogP contribution in [0.4, 0.5) is 0 Å². The molecule has 0 unspecified atom stereocenters. The minimum atomic E-state index is -0.988. The van der Waals surface area contributed by atoms with Gasteiger partial charge in [0.15, 0.2) is 6.61 Å². The number of aromatic nitrogens is 1. The third kappa shape index (κ3) is 3.88. The maximum absolute atomic E-state index is 10.8. The van der Waals surface area contributed by atoms with Gasteiger partial charge in [-0.1, -0.05) is 23.7 Å². The van der Waals surface area contributed by atoms with Gasteiger partial charge in [-0.25, -0.2) is 4.79 Å². The molecule has 5 nitrogen and oxygen atoms in total. The molecule has 0 atom stereocenters. The lowest BCUT2D eigenvalue weighted by Gasteiger charge is -2.13. The van der Waals surface area contributed by atoms with Crippen LogP contribution in [0.25, 0.3) is 32.6 Å². The Morgan fingerprint density at radius 1 is 1.07 bits per heavy atom. The van der Waals surface area contributed by atoms with E-state index in [1.165, 1.54) is 16.4 Å². The molecule has 0 spiro atoms. The molecule has 1 aromatic heterocycles. The number of carboxylic acids is 1. The van der Waals surface area contributed by atoms with E-state index in [-0.39, 0.29) is 6.61 Å². The summed E-state index contributed by atoms with van der Waals surface area (Å²) in [5.74, 6) is -0.434. The molecule has 6 heteroatoms. The van der Waals surface area contributed by atoms with Gasteiger partial charge >= 0.3 is 5.97 Å². The minimum Gasteiger partial charge on any atom is -0.482 e. The molecule has 0 aliphatic rings. The van der Waals surface area contributed by atoms with Crippen LogP contribution in [-0.2, 0) is 11.3 Å². The van der Waals surface area contributed by atoms with Gasteiger partial charge in [0, 0.05) is 33.2 Å². The van der Waals surface area contributed by atoms with Gasteiger partial charge < -0.3 is 19.3 Å². The van der Waals surface area contributed by atoms with Gasteiger partial charge in [0.1, 0.15) is 5.75 Å². The van der Waals surface area contributed by atoms with Crippen molar-refractivity contribution in [2.75, 3.05) is 27.2 Å². The zero-order chi connectivity index (χ0) is 20.5.